The highest BCUT2D eigenvalue weighted by atomic mass is 19.4. The minimum absolute atomic E-state index is 0.0360. The van der Waals surface area contributed by atoms with Crippen molar-refractivity contribution < 1.29 is 27.9 Å². The molecule has 0 atom stereocenters. The van der Waals surface area contributed by atoms with E-state index in [-0.39, 0.29) is 17.7 Å². The van der Waals surface area contributed by atoms with E-state index in [0.717, 1.165) is 19.3 Å². The number of alkyl halides is 3. The number of nitrogens with one attached hydrogen (secondary N) is 2. The Kier molecular flexibility index (Phi) is 12.4. The van der Waals surface area contributed by atoms with Gasteiger partial charge in [0, 0.05) is 23.9 Å². The average molecular weight is 443 g/mol. The molecule has 0 aliphatic heterocycles. The molecular formula is C23H33F3N2O3. The van der Waals surface area contributed by atoms with Crippen LogP contribution in [0.1, 0.15) is 76.7 Å². The van der Waals surface area contributed by atoms with Crippen molar-refractivity contribution >= 4 is 23.3 Å². The van der Waals surface area contributed by atoms with Crippen LogP contribution in [0.25, 0.3) is 5.76 Å². The van der Waals surface area contributed by atoms with Gasteiger partial charge < -0.3 is 15.7 Å². The summed E-state index contributed by atoms with van der Waals surface area (Å²) in [7, 11) is 0. The Labute approximate surface area is 182 Å². The summed E-state index contributed by atoms with van der Waals surface area (Å²) in [6, 6.07) is 5.10. The molecule has 3 N–H and O–H groups in total. The Hall–Kier alpha value is -2.51. The van der Waals surface area contributed by atoms with Gasteiger partial charge in [0.1, 0.15) is 5.76 Å². The van der Waals surface area contributed by atoms with Crippen molar-refractivity contribution in [3.8, 4) is 0 Å². The Morgan fingerprint density at radius 2 is 1.42 bits per heavy atom. The monoisotopic (exact) mass is 442 g/mol. The highest BCUT2D eigenvalue weighted by molar-refractivity contribution is 5.99. The number of aliphatic hydroxyl groups excluding tert-OH is 1. The molecule has 31 heavy (non-hydrogen) atoms. The SMILES string of the molecule is CCCCCCCCCCCCNC(=O)Nc1ccc(/C(O)=C/C(=O)C(F)(F)F)cc1. The number of benzene rings is 1. The molecule has 1 aromatic rings. The smallest absolute Gasteiger partial charge is 0.454 e. The van der Waals surface area contributed by atoms with Crippen LogP contribution in [-0.4, -0.2) is 29.6 Å². The standard InChI is InChI=1S/C23H33F3N2O3/c1-2-3-4-5-6-7-8-9-10-11-16-27-22(31)28-19-14-12-18(13-15-19)20(29)17-21(30)23(24,25)26/h12-15,17,29H,2-11,16H2,1H3,(H2,27,28,31)/b20-17-. The highest BCUT2D eigenvalue weighted by Crippen LogP contribution is 2.21. The molecule has 0 saturated carbocycles. The third kappa shape index (κ3) is 12.1. The Bertz CT molecular complexity index is 701. The molecule has 1 aromatic carbocycles. The van der Waals surface area contributed by atoms with Gasteiger partial charge >= 0.3 is 12.2 Å². The van der Waals surface area contributed by atoms with Gasteiger partial charge in [0.25, 0.3) is 5.78 Å². The third-order valence-electron chi connectivity index (χ3n) is 4.80. The normalized spacial score (nSPS) is 11.9. The van der Waals surface area contributed by atoms with E-state index in [9.17, 15) is 27.9 Å². The summed E-state index contributed by atoms with van der Waals surface area (Å²) in [5.74, 6) is -2.93. The van der Waals surface area contributed by atoms with Crippen LogP contribution in [0.2, 0.25) is 0 Å². The number of carbonyl (C=O) groups is 2. The largest absolute Gasteiger partial charge is 0.507 e. The number of carbonyl (C=O) groups excluding carboxylic acids is 2. The maximum absolute atomic E-state index is 12.2. The zero-order chi connectivity index (χ0) is 23.1. The maximum Gasteiger partial charge on any atom is 0.454 e. The van der Waals surface area contributed by atoms with E-state index in [4.69, 9.17) is 0 Å². The first kappa shape index (κ1) is 26.5. The molecule has 2 amide bonds. The Balaban J connectivity index is 2.22. The van der Waals surface area contributed by atoms with Gasteiger partial charge in [-0.3, -0.25) is 4.79 Å². The molecule has 0 aliphatic carbocycles. The first-order valence-corrected chi connectivity index (χ1v) is 10.9. The van der Waals surface area contributed by atoms with Crippen molar-refractivity contribution in [2.24, 2.45) is 0 Å². The molecule has 0 spiro atoms. The third-order valence-corrected chi connectivity index (χ3v) is 4.80. The first-order chi connectivity index (χ1) is 14.7. The summed E-state index contributed by atoms with van der Waals surface area (Å²) in [6.07, 6.45) is 7.22. The summed E-state index contributed by atoms with van der Waals surface area (Å²) in [4.78, 5) is 22.8. The fourth-order valence-electron chi connectivity index (χ4n) is 3.00. The van der Waals surface area contributed by atoms with E-state index in [1.54, 1.807) is 0 Å². The number of aliphatic hydroxyl groups is 1. The average Bonchev–Trinajstić information content (AvgIpc) is 2.71. The number of allylic oxidation sites excluding steroid dienone is 1. The van der Waals surface area contributed by atoms with Crippen LogP contribution in [-0.2, 0) is 4.79 Å². The fraction of sp³-hybridized carbons (Fsp3) is 0.565. The minimum atomic E-state index is -5.04. The van der Waals surface area contributed by atoms with Crippen molar-refractivity contribution in [3.63, 3.8) is 0 Å². The molecule has 0 fully saturated rings. The van der Waals surface area contributed by atoms with Crippen molar-refractivity contribution in [3.05, 3.63) is 35.9 Å². The van der Waals surface area contributed by atoms with Crippen LogP contribution in [0.3, 0.4) is 0 Å². The van der Waals surface area contributed by atoms with E-state index in [2.05, 4.69) is 17.6 Å². The van der Waals surface area contributed by atoms with Crippen LogP contribution in [0.4, 0.5) is 23.7 Å². The predicted molar refractivity (Wildman–Crippen MR) is 117 cm³/mol. The lowest BCUT2D eigenvalue weighted by Gasteiger charge is -2.09. The molecule has 5 nitrogen and oxygen atoms in total. The van der Waals surface area contributed by atoms with Gasteiger partial charge in [-0.05, 0) is 30.7 Å². The summed E-state index contributed by atoms with van der Waals surface area (Å²) in [6.45, 7) is 2.77. The molecule has 0 bridgehead atoms. The summed E-state index contributed by atoms with van der Waals surface area (Å²) in [5.41, 5.74) is 0.452. The summed E-state index contributed by atoms with van der Waals surface area (Å²) in [5, 5.41) is 15.0. The van der Waals surface area contributed by atoms with E-state index in [1.807, 2.05) is 0 Å². The minimum Gasteiger partial charge on any atom is -0.507 e. The second kappa shape index (κ2) is 14.5. The van der Waals surface area contributed by atoms with Crippen molar-refractivity contribution in [1.82, 2.24) is 5.32 Å². The van der Waals surface area contributed by atoms with E-state index in [1.165, 1.54) is 69.2 Å². The van der Waals surface area contributed by atoms with Crippen LogP contribution < -0.4 is 10.6 Å². The number of unbranched alkanes of at least 4 members (excludes halogenated alkanes) is 9. The number of hydrogen-bond acceptors (Lipinski definition) is 3. The quantitative estimate of drug-likeness (QED) is 0.169. The molecule has 0 heterocycles. The van der Waals surface area contributed by atoms with Gasteiger partial charge in [-0.25, -0.2) is 4.79 Å². The molecule has 0 aromatic heterocycles. The second-order valence-electron chi connectivity index (χ2n) is 7.53. The zero-order valence-corrected chi connectivity index (χ0v) is 18.1. The van der Waals surface area contributed by atoms with Crippen molar-refractivity contribution in [1.29, 1.82) is 0 Å². The topological polar surface area (TPSA) is 78.4 Å². The molecular weight excluding hydrogens is 409 g/mol. The molecule has 0 unspecified atom stereocenters. The number of urea groups is 1. The molecule has 0 radical (unpaired) electrons. The van der Waals surface area contributed by atoms with Crippen LogP contribution >= 0.6 is 0 Å². The van der Waals surface area contributed by atoms with Crippen LogP contribution in [0.5, 0.6) is 0 Å². The summed E-state index contributed by atoms with van der Waals surface area (Å²) < 4.78 is 36.7. The Morgan fingerprint density at radius 3 is 1.94 bits per heavy atom. The van der Waals surface area contributed by atoms with Crippen molar-refractivity contribution in [2.45, 2.75) is 77.3 Å². The first-order valence-electron chi connectivity index (χ1n) is 10.9. The van der Waals surface area contributed by atoms with E-state index in [0.29, 0.717) is 12.2 Å². The number of ketones is 1. The molecule has 8 heteroatoms. The number of rotatable bonds is 14. The second-order valence-corrected chi connectivity index (χ2v) is 7.53. The highest BCUT2D eigenvalue weighted by Gasteiger charge is 2.37. The lowest BCUT2D eigenvalue weighted by Crippen LogP contribution is -2.29. The van der Waals surface area contributed by atoms with Gasteiger partial charge in [-0.2, -0.15) is 13.2 Å². The fourth-order valence-corrected chi connectivity index (χ4v) is 3.00. The lowest BCUT2D eigenvalue weighted by atomic mass is 10.1. The molecule has 0 aliphatic rings. The van der Waals surface area contributed by atoms with Crippen LogP contribution in [0, 0.1) is 0 Å². The van der Waals surface area contributed by atoms with Gasteiger partial charge in [0.05, 0.1) is 0 Å². The van der Waals surface area contributed by atoms with E-state index >= 15 is 0 Å². The predicted octanol–water partition coefficient (Wildman–Crippen LogP) is 6.76. The summed E-state index contributed by atoms with van der Waals surface area (Å²) >= 11 is 0. The number of halogens is 3. The zero-order valence-electron chi connectivity index (χ0n) is 18.1. The molecule has 174 valence electrons. The van der Waals surface area contributed by atoms with Gasteiger partial charge in [0.2, 0.25) is 0 Å². The van der Waals surface area contributed by atoms with Crippen LogP contribution in [0.15, 0.2) is 30.3 Å². The number of anilines is 1. The maximum atomic E-state index is 12.2. The van der Waals surface area contributed by atoms with Gasteiger partial charge in [0.15, 0.2) is 0 Å². The molecule has 1 rings (SSSR count). The van der Waals surface area contributed by atoms with Gasteiger partial charge in [-0.1, -0.05) is 64.7 Å². The Morgan fingerprint density at radius 1 is 0.903 bits per heavy atom. The number of hydrogen-bond donors (Lipinski definition) is 3. The lowest BCUT2D eigenvalue weighted by molar-refractivity contribution is -0.165. The van der Waals surface area contributed by atoms with Gasteiger partial charge in [-0.15, -0.1) is 0 Å². The molecule has 0 saturated heterocycles. The number of amides is 2. The van der Waals surface area contributed by atoms with Crippen molar-refractivity contribution in [2.75, 3.05) is 11.9 Å². The van der Waals surface area contributed by atoms with E-state index < -0.39 is 17.7 Å².